The van der Waals surface area contributed by atoms with Gasteiger partial charge in [0.15, 0.2) is 0 Å². The van der Waals surface area contributed by atoms with Gasteiger partial charge in [-0.1, -0.05) is 42.5 Å². The van der Waals surface area contributed by atoms with Gasteiger partial charge in [-0.2, -0.15) is 5.10 Å². The molecular weight excluding hydrogens is 357 g/mol. The van der Waals surface area contributed by atoms with Crippen molar-refractivity contribution in [3.05, 3.63) is 78.1 Å². The number of carbonyl (C=O) groups is 2. The third kappa shape index (κ3) is 3.62. The maximum atomic E-state index is 13.1. The number of nitrogens with one attached hydrogen (secondary N) is 1. The molecule has 1 atom stereocenters. The first-order chi connectivity index (χ1) is 13.6. The van der Waals surface area contributed by atoms with Crippen LogP contribution < -0.4 is 10.3 Å². The predicted molar refractivity (Wildman–Crippen MR) is 107 cm³/mol. The highest BCUT2D eigenvalue weighted by Crippen LogP contribution is 2.25. The summed E-state index contributed by atoms with van der Waals surface area (Å²) in [6.07, 6.45) is 1.71. The number of fused-ring (bicyclic) bond motifs is 1. The Kier molecular flexibility index (Phi) is 4.85. The van der Waals surface area contributed by atoms with Crippen LogP contribution in [0.15, 0.2) is 71.8 Å². The molecule has 1 N–H and O–H groups in total. The lowest BCUT2D eigenvalue weighted by Gasteiger charge is -2.16. The van der Waals surface area contributed by atoms with Gasteiger partial charge in [-0.3, -0.25) is 9.59 Å². The van der Waals surface area contributed by atoms with Crippen LogP contribution in [0.1, 0.15) is 12.0 Å². The Hall–Kier alpha value is -3.54. The summed E-state index contributed by atoms with van der Waals surface area (Å²) in [5.41, 5.74) is 4.01. The Labute approximate surface area is 161 Å². The third-order valence-electron chi connectivity index (χ3n) is 4.84. The van der Waals surface area contributed by atoms with E-state index >= 15 is 0 Å². The van der Waals surface area contributed by atoms with E-state index in [1.807, 2.05) is 42.5 Å². The van der Waals surface area contributed by atoms with Gasteiger partial charge in [-0.25, -0.2) is 9.82 Å². The number of nitrogens with zero attached hydrogens (tertiary/aromatic N) is 2. The van der Waals surface area contributed by atoms with Gasteiger partial charge in [0.25, 0.3) is 0 Å². The summed E-state index contributed by atoms with van der Waals surface area (Å²) in [7, 11) is 0. The maximum Gasteiger partial charge on any atom is 0.245 e. The first-order valence-electron chi connectivity index (χ1n) is 8.98. The van der Waals surface area contributed by atoms with Crippen LogP contribution in [0.5, 0.6) is 0 Å². The number of hydrazone groups is 1. The summed E-state index contributed by atoms with van der Waals surface area (Å²) in [4.78, 5) is 26.1. The van der Waals surface area contributed by atoms with Gasteiger partial charge in [0.1, 0.15) is 5.82 Å². The fraction of sp³-hybridized carbons (Fsp3) is 0.136. The van der Waals surface area contributed by atoms with Gasteiger partial charge >= 0.3 is 0 Å². The minimum Gasteiger partial charge on any atom is -0.312 e. The lowest BCUT2D eigenvalue weighted by molar-refractivity contribution is -0.126. The van der Waals surface area contributed by atoms with Crippen LogP contribution in [0.4, 0.5) is 10.1 Å². The molecule has 28 heavy (non-hydrogen) atoms. The van der Waals surface area contributed by atoms with Crippen molar-refractivity contribution in [3.8, 4) is 0 Å². The molecule has 0 spiro atoms. The summed E-state index contributed by atoms with van der Waals surface area (Å²) in [6.45, 7) is 0.250. The Balaban J connectivity index is 1.42. The number of benzene rings is 3. The molecule has 2 amide bonds. The lowest BCUT2D eigenvalue weighted by atomic mass is 10.1. The zero-order valence-electron chi connectivity index (χ0n) is 15.0. The van der Waals surface area contributed by atoms with Crippen molar-refractivity contribution in [2.75, 3.05) is 11.4 Å². The Morgan fingerprint density at radius 3 is 2.64 bits per heavy atom. The average Bonchev–Trinajstić information content (AvgIpc) is 3.10. The van der Waals surface area contributed by atoms with E-state index in [1.165, 1.54) is 29.2 Å². The van der Waals surface area contributed by atoms with Gasteiger partial charge in [-0.15, -0.1) is 0 Å². The Morgan fingerprint density at radius 2 is 1.82 bits per heavy atom. The first-order valence-corrected chi connectivity index (χ1v) is 8.98. The standard InChI is InChI=1S/C22H18FN3O2/c23-18-8-10-19(11-9-18)26-14-17(12-21(26)27)22(28)25-24-13-16-6-3-5-15-4-1-2-7-20(15)16/h1-11,13,17H,12,14H2,(H,25,28)/b24-13+. The van der Waals surface area contributed by atoms with E-state index in [4.69, 9.17) is 0 Å². The van der Waals surface area contributed by atoms with E-state index in [0.717, 1.165) is 16.3 Å². The SMILES string of the molecule is O=C(N/N=C/c1cccc2ccccc12)C1CC(=O)N(c2ccc(F)cc2)C1. The summed E-state index contributed by atoms with van der Waals surface area (Å²) >= 11 is 0. The highest BCUT2D eigenvalue weighted by atomic mass is 19.1. The van der Waals surface area contributed by atoms with E-state index in [2.05, 4.69) is 10.5 Å². The number of halogens is 1. The molecule has 0 saturated carbocycles. The van der Waals surface area contributed by atoms with Crippen LogP contribution in [-0.4, -0.2) is 24.6 Å². The van der Waals surface area contributed by atoms with Gasteiger partial charge in [0, 0.05) is 24.2 Å². The number of carbonyl (C=O) groups excluding carboxylic acids is 2. The second kappa shape index (κ2) is 7.60. The van der Waals surface area contributed by atoms with Crippen molar-refractivity contribution in [2.24, 2.45) is 11.0 Å². The Bertz CT molecular complexity index is 1060. The molecule has 1 saturated heterocycles. The number of hydrogen-bond acceptors (Lipinski definition) is 3. The fourth-order valence-electron chi connectivity index (χ4n) is 3.37. The lowest BCUT2D eigenvalue weighted by Crippen LogP contribution is -2.30. The summed E-state index contributed by atoms with van der Waals surface area (Å²) < 4.78 is 13.1. The van der Waals surface area contributed by atoms with Crippen LogP contribution in [0.25, 0.3) is 10.8 Å². The molecular formula is C22H18FN3O2. The molecule has 5 nitrogen and oxygen atoms in total. The second-order valence-electron chi connectivity index (χ2n) is 6.68. The van der Waals surface area contributed by atoms with Crippen molar-refractivity contribution in [1.82, 2.24) is 5.43 Å². The van der Waals surface area contributed by atoms with Crippen molar-refractivity contribution in [1.29, 1.82) is 0 Å². The molecule has 1 unspecified atom stereocenters. The monoisotopic (exact) mass is 375 g/mol. The summed E-state index contributed by atoms with van der Waals surface area (Å²) in [6, 6.07) is 19.5. The average molecular weight is 375 g/mol. The van der Waals surface area contributed by atoms with Crippen molar-refractivity contribution in [3.63, 3.8) is 0 Å². The molecule has 0 bridgehead atoms. The molecule has 4 rings (SSSR count). The second-order valence-corrected chi connectivity index (χ2v) is 6.68. The fourth-order valence-corrected chi connectivity index (χ4v) is 3.37. The molecule has 1 heterocycles. The van der Waals surface area contributed by atoms with Gasteiger partial charge in [-0.05, 0) is 35.0 Å². The molecule has 3 aromatic carbocycles. The van der Waals surface area contributed by atoms with Crippen LogP contribution in [0.3, 0.4) is 0 Å². The van der Waals surface area contributed by atoms with Crippen molar-refractivity contribution < 1.29 is 14.0 Å². The molecule has 1 fully saturated rings. The van der Waals surface area contributed by atoms with E-state index in [9.17, 15) is 14.0 Å². The van der Waals surface area contributed by atoms with E-state index in [1.54, 1.807) is 6.21 Å². The minimum atomic E-state index is -0.498. The smallest absolute Gasteiger partial charge is 0.245 e. The highest BCUT2D eigenvalue weighted by Gasteiger charge is 2.35. The predicted octanol–water partition coefficient (Wildman–Crippen LogP) is 3.48. The topological polar surface area (TPSA) is 61.8 Å². The van der Waals surface area contributed by atoms with Crippen LogP contribution >= 0.6 is 0 Å². The van der Waals surface area contributed by atoms with E-state index in [-0.39, 0.29) is 30.6 Å². The first kappa shape index (κ1) is 17.9. The quantitative estimate of drug-likeness (QED) is 0.561. The number of hydrogen-bond donors (Lipinski definition) is 1. The molecule has 140 valence electrons. The molecule has 0 radical (unpaired) electrons. The molecule has 1 aliphatic rings. The van der Waals surface area contributed by atoms with Crippen LogP contribution in [0, 0.1) is 11.7 Å². The maximum absolute atomic E-state index is 13.1. The van der Waals surface area contributed by atoms with Crippen molar-refractivity contribution >= 4 is 34.5 Å². The molecule has 6 heteroatoms. The van der Waals surface area contributed by atoms with Crippen LogP contribution in [0.2, 0.25) is 0 Å². The zero-order chi connectivity index (χ0) is 19.5. The summed E-state index contributed by atoms with van der Waals surface area (Å²) in [5, 5.41) is 6.20. The minimum absolute atomic E-state index is 0.104. The number of rotatable bonds is 4. The molecule has 3 aromatic rings. The molecule has 1 aliphatic heterocycles. The third-order valence-corrected chi connectivity index (χ3v) is 4.84. The van der Waals surface area contributed by atoms with Gasteiger partial charge in [0.2, 0.25) is 11.8 Å². The van der Waals surface area contributed by atoms with E-state index < -0.39 is 5.92 Å². The number of amides is 2. The molecule has 0 aromatic heterocycles. The molecule has 0 aliphatic carbocycles. The largest absolute Gasteiger partial charge is 0.312 e. The van der Waals surface area contributed by atoms with Crippen molar-refractivity contribution in [2.45, 2.75) is 6.42 Å². The van der Waals surface area contributed by atoms with Gasteiger partial charge in [0.05, 0.1) is 12.1 Å². The van der Waals surface area contributed by atoms with Crippen LogP contribution in [-0.2, 0) is 9.59 Å². The zero-order valence-corrected chi connectivity index (χ0v) is 15.0. The summed E-state index contributed by atoms with van der Waals surface area (Å²) in [5.74, 6) is -1.34. The van der Waals surface area contributed by atoms with Gasteiger partial charge < -0.3 is 4.90 Å². The number of anilines is 1. The Morgan fingerprint density at radius 1 is 1.07 bits per heavy atom. The van der Waals surface area contributed by atoms with E-state index in [0.29, 0.717) is 5.69 Å². The normalized spacial score (nSPS) is 16.8. The highest BCUT2D eigenvalue weighted by molar-refractivity contribution is 6.01.